The first-order valence-corrected chi connectivity index (χ1v) is 14.9. The molecule has 10 nitrogen and oxygen atoms in total. The number of aromatic hydroxyl groups is 2. The molecule has 226 valence electrons. The number of nitrogens with one attached hydrogen (secondary N) is 1. The van der Waals surface area contributed by atoms with Crippen LogP contribution >= 0.6 is 0 Å². The Morgan fingerprint density at radius 3 is 2.40 bits per heavy atom. The maximum Gasteiger partial charge on any atom is 0.492 e. The second kappa shape index (κ2) is 13.8. The summed E-state index contributed by atoms with van der Waals surface area (Å²) in [4.78, 5) is 39.2. The zero-order valence-electron chi connectivity index (χ0n) is 24.6. The van der Waals surface area contributed by atoms with Gasteiger partial charge in [-0.05, 0) is 62.4 Å². The molecule has 1 aliphatic heterocycles. The molecule has 5 N–H and O–H groups in total. The number of carbonyl (C=O) groups excluding carboxylic acids is 3. The number of phenols is 2. The molecule has 2 fully saturated rings. The van der Waals surface area contributed by atoms with Gasteiger partial charge in [0.1, 0.15) is 30.3 Å². The van der Waals surface area contributed by atoms with Crippen LogP contribution in [0.1, 0.15) is 56.6 Å². The minimum absolute atomic E-state index is 0.115. The fraction of sp³-hybridized carbons (Fsp3) is 0.500. The monoisotopic (exact) mass is 580 g/mol. The van der Waals surface area contributed by atoms with Crippen LogP contribution in [0, 0.1) is 5.92 Å². The van der Waals surface area contributed by atoms with Gasteiger partial charge in [0.25, 0.3) is 5.91 Å². The van der Waals surface area contributed by atoms with E-state index in [4.69, 9.17) is 10.5 Å². The predicted octanol–water partition coefficient (Wildman–Crippen LogP) is 3.22. The molecule has 2 aromatic rings. The van der Waals surface area contributed by atoms with E-state index < -0.39 is 11.9 Å². The van der Waals surface area contributed by atoms with Crippen molar-refractivity contribution < 1.29 is 38.4 Å². The van der Waals surface area contributed by atoms with Gasteiger partial charge in [0.05, 0.1) is 32.2 Å². The topological polar surface area (TPSA) is 142 Å². The molecular formula is C32H44N4O6+2. The summed E-state index contributed by atoms with van der Waals surface area (Å²) in [6.45, 7) is 4.22. The molecule has 3 amide bonds. The highest BCUT2D eigenvalue weighted by Gasteiger charge is 2.40. The second-order valence-electron chi connectivity index (χ2n) is 11.9. The molecule has 0 spiro atoms. The van der Waals surface area contributed by atoms with E-state index in [-0.39, 0.29) is 41.9 Å². The zero-order valence-corrected chi connectivity index (χ0v) is 24.6. The first kappa shape index (κ1) is 31.0. The number of phenolic OH excluding ortho intramolecular Hbond substituents is 2. The number of rotatable bonds is 9. The molecule has 1 saturated carbocycles. The number of urea groups is 1. The minimum Gasteiger partial charge on any atom is -0.508 e. The molecule has 1 unspecified atom stereocenters. The quantitative estimate of drug-likeness (QED) is 0.204. The van der Waals surface area contributed by atoms with Gasteiger partial charge in [0.2, 0.25) is 0 Å². The average Bonchev–Trinajstić information content (AvgIpc) is 2.94. The minimum atomic E-state index is -0.923. The Morgan fingerprint density at radius 1 is 1.05 bits per heavy atom. The molecular weight excluding hydrogens is 536 g/mol. The van der Waals surface area contributed by atoms with Crippen molar-refractivity contribution >= 4 is 23.6 Å². The number of primary amides is 1. The molecule has 2 aliphatic rings. The molecule has 2 aromatic carbocycles. The Bertz CT molecular complexity index is 1300. The smallest absolute Gasteiger partial charge is 0.492 e. The van der Waals surface area contributed by atoms with E-state index in [1.54, 1.807) is 47.9 Å². The molecule has 0 aromatic heterocycles. The van der Waals surface area contributed by atoms with E-state index in [2.05, 4.69) is 12.4 Å². The van der Waals surface area contributed by atoms with E-state index in [1.165, 1.54) is 0 Å². The summed E-state index contributed by atoms with van der Waals surface area (Å²) in [6.07, 6.45) is 4.22. The van der Waals surface area contributed by atoms with Crippen LogP contribution in [0.4, 0.5) is 4.79 Å². The van der Waals surface area contributed by atoms with E-state index in [0.717, 1.165) is 29.8 Å². The second-order valence-corrected chi connectivity index (χ2v) is 11.9. The summed E-state index contributed by atoms with van der Waals surface area (Å²) in [6, 6.07) is 12.3. The summed E-state index contributed by atoms with van der Waals surface area (Å²) in [5, 5.41) is 22.9. The van der Waals surface area contributed by atoms with Crippen molar-refractivity contribution in [2.75, 3.05) is 26.7 Å². The Morgan fingerprint density at radius 2 is 1.76 bits per heavy atom. The van der Waals surface area contributed by atoms with Crippen LogP contribution in [0.25, 0.3) is 0 Å². The number of nitrogens with zero attached hydrogens (tertiary/aromatic N) is 2. The maximum atomic E-state index is 14.0. The number of benzene rings is 2. The Kier molecular flexibility index (Phi) is 10.2. The first-order chi connectivity index (χ1) is 20.1. The Balaban J connectivity index is 1.61. The highest BCUT2D eigenvalue weighted by molar-refractivity contribution is 5.90. The van der Waals surface area contributed by atoms with Gasteiger partial charge in [-0.1, -0.05) is 24.3 Å². The molecule has 1 aliphatic carbocycles. The largest absolute Gasteiger partial charge is 0.508 e. The van der Waals surface area contributed by atoms with Gasteiger partial charge >= 0.3 is 12.0 Å². The third-order valence-electron chi connectivity index (χ3n) is 8.44. The lowest BCUT2D eigenvalue weighted by Gasteiger charge is -2.38. The number of nitrogens with two attached hydrogens (primary N) is 1. The first-order valence-electron chi connectivity index (χ1n) is 14.9. The number of esters is 1. The number of amides is 3. The lowest BCUT2D eigenvalue weighted by Crippen LogP contribution is -2.58. The summed E-state index contributed by atoms with van der Waals surface area (Å²) in [7, 11) is 2.12. The molecule has 0 radical (unpaired) electrons. The van der Waals surface area contributed by atoms with E-state index >= 15 is 0 Å². The summed E-state index contributed by atoms with van der Waals surface area (Å²) in [5.41, 5.74) is 8.58. The van der Waals surface area contributed by atoms with E-state index in [9.17, 15) is 24.6 Å². The van der Waals surface area contributed by atoms with Gasteiger partial charge in [-0.25, -0.2) is 5.32 Å². The van der Waals surface area contributed by atoms with Gasteiger partial charge < -0.3 is 25.2 Å². The lowest BCUT2D eigenvalue weighted by atomic mass is 9.86. The van der Waals surface area contributed by atoms with E-state index in [0.29, 0.717) is 56.3 Å². The third kappa shape index (κ3) is 8.09. The van der Waals surface area contributed by atoms with Crippen molar-refractivity contribution in [3.05, 3.63) is 59.7 Å². The molecule has 1 heterocycles. The number of ether oxygens (including phenoxy) is 1. The zero-order chi connectivity index (χ0) is 30.3. The summed E-state index contributed by atoms with van der Waals surface area (Å²) >= 11 is 0. The molecule has 4 rings (SSSR count). The molecule has 2 atom stereocenters. The molecule has 1 saturated heterocycles. The summed E-state index contributed by atoms with van der Waals surface area (Å²) < 4.78 is 7.37. The number of hydrogen-bond acceptors (Lipinski definition) is 6. The normalized spacial score (nSPS) is 24.3. The van der Waals surface area contributed by atoms with E-state index in [1.807, 2.05) is 12.1 Å². The SMILES string of the molecule is CCOC(=O)C1CCC(NC(=O)/[N+](=C2\CCC[N+](C)(Cc3cccc(O)c3)C2)[C@@H](Cc2ccc(O)cc2)C(N)=O)CC1. The van der Waals surface area contributed by atoms with Crippen LogP contribution in [-0.4, -0.2) is 81.7 Å². The Hall–Kier alpha value is -3.92. The fourth-order valence-electron chi connectivity index (χ4n) is 6.35. The molecule has 10 heteroatoms. The van der Waals surface area contributed by atoms with Gasteiger partial charge in [0.15, 0.2) is 6.04 Å². The van der Waals surface area contributed by atoms with Crippen LogP contribution in [0.3, 0.4) is 0 Å². The number of carbonyl (C=O) groups is 3. The number of piperidine rings is 1. The number of quaternary nitrogens is 1. The van der Waals surface area contributed by atoms with Gasteiger partial charge in [-0.2, -0.15) is 9.37 Å². The highest BCUT2D eigenvalue weighted by atomic mass is 16.5. The molecule has 0 bridgehead atoms. The summed E-state index contributed by atoms with van der Waals surface area (Å²) in [5.74, 6) is -0.631. The Labute approximate surface area is 247 Å². The van der Waals surface area contributed by atoms with Crippen LogP contribution in [0.5, 0.6) is 11.5 Å². The van der Waals surface area contributed by atoms with Gasteiger partial charge in [-0.3, -0.25) is 9.59 Å². The lowest BCUT2D eigenvalue weighted by molar-refractivity contribution is -0.918. The van der Waals surface area contributed by atoms with Crippen molar-refractivity contribution in [2.24, 2.45) is 11.7 Å². The predicted molar refractivity (Wildman–Crippen MR) is 158 cm³/mol. The van der Waals surface area contributed by atoms with Crippen molar-refractivity contribution in [3.8, 4) is 11.5 Å². The van der Waals surface area contributed by atoms with Crippen LogP contribution in [0.2, 0.25) is 0 Å². The van der Waals surface area contributed by atoms with Crippen LogP contribution in [-0.2, 0) is 27.3 Å². The van der Waals surface area contributed by atoms with Crippen molar-refractivity contribution in [3.63, 3.8) is 0 Å². The fourth-order valence-corrected chi connectivity index (χ4v) is 6.35. The van der Waals surface area contributed by atoms with Crippen molar-refractivity contribution in [2.45, 2.75) is 70.5 Å². The maximum absolute atomic E-state index is 14.0. The van der Waals surface area contributed by atoms with Crippen molar-refractivity contribution in [1.29, 1.82) is 0 Å². The third-order valence-corrected chi connectivity index (χ3v) is 8.44. The van der Waals surface area contributed by atoms with Crippen LogP contribution < -0.4 is 11.1 Å². The van der Waals surface area contributed by atoms with Gasteiger partial charge in [-0.15, -0.1) is 0 Å². The average molecular weight is 581 g/mol. The van der Waals surface area contributed by atoms with Crippen LogP contribution in [0.15, 0.2) is 48.5 Å². The highest BCUT2D eigenvalue weighted by Crippen LogP contribution is 2.26. The standard InChI is InChI=1S/C32H42N4O6/c1-3-42-31(40)24-11-13-25(14-12-24)34-32(41)35(29(30(33)39)19-22-9-15-27(37)16-10-22)26-7-5-17-36(2,21-26)20-23-6-4-8-28(38)18-23/h4,6,8-10,15-16,18,24-25,29H,3,5,7,11-14,17,19-21H2,1-2H3,(H3-2,33,34,37,38,39,41)/p+2/b35-26+/t24?,25?,29-,36?/m0/s1. The van der Waals surface area contributed by atoms with Crippen molar-refractivity contribution in [1.82, 2.24) is 5.32 Å². The number of likely N-dealkylation sites (tertiary alicyclic amines) is 1. The molecule has 42 heavy (non-hydrogen) atoms. The number of hydrogen-bond donors (Lipinski definition) is 4. The van der Waals surface area contributed by atoms with Gasteiger partial charge in [0, 0.05) is 24.8 Å².